The molecule has 36 heavy (non-hydrogen) atoms. The molecule has 1 rings (SSSR count). The number of aliphatic hydroxyl groups is 2. The predicted octanol–water partition coefficient (Wildman–Crippen LogP) is 0.222. The number of aliphatic hydroxyl groups excluding tert-OH is 2. The Bertz CT molecular complexity index is 758. The van der Waals surface area contributed by atoms with E-state index in [9.17, 15) is 28.0 Å². The first-order valence-electron chi connectivity index (χ1n) is 13.6. The fourth-order valence-corrected chi connectivity index (χ4v) is 5.11. The van der Waals surface area contributed by atoms with Gasteiger partial charge in [0.2, 0.25) is 5.78 Å². The molecule has 10 heteroatoms. The van der Waals surface area contributed by atoms with Crippen molar-refractivity contribution in [3.63, 3.8) is 0 Å². The Balaban J connectivity index is 0.0000122. The van der Waals surface area contributed by atoms with E-state index in [0.717, 1.165) is 25.7 Å². The van der Waals surface area contributed by atoms with Gasteiger partial charge >= 0.3 is 35.4 Å². The van der Waals surface area contributed by atoms with Crippen LogP contribution in [0.3, 0.4) is 0 Å². The van der Waals surface area contributed by atoms with Crippen molar-refractivity contribution in [2.75, 3.05) is 38.5 Å². The van der Waals surface area contributed by atoms with E-state index in [1.54, 1.807) is 9.48 Å². The van der Waals surface area contributed by atoms with E-state index in [4.69, 9.17) is 0 Å². The first kappa shape index (κ1) is 35.7. The zero-order valence-electron chi connectivity index (χ0n) is 22.7. The summed E-state index contributed by atoms with van der Waals surface area (Å²) in [6.45, 7) is 3.33. The second-order valence-corrected chi connectivity index (χ2v) is 11.1. The van der Waals surface area contributed by atoms with Crippen LogP contribution in [0.1, 0.15) is 96.8 Å². The Labute approximate surface area is 241 Å². The van der Waals surface area contributed by atoms with Gasteiger partial charge in [-0.15, -0.1) is 0 Å². The topological polar surface area (TPSA) is 121 Å². The summed E-state index contributed by atoms with van der Waals surface area (Å²) in [6, 6.07) is 0. The molecule has 0 saturated heterocycles. The Morgan fingerprint density at radius 1 is 1.03 bits per heavy atom. The van der Waals surface area contributed by atoms with E-state index in [-0.39, 0.29) is 48.5 Å². The molecular formula is C26H48N2NaO6S+. The maximum absolute atomic E-state index is 12.9. The summed E-state index contributed by atoms with van der Waals surface area (Å²) in [5.74, 6) is -0.519. The predicted molar refractivity (Wildman–Crippen MR) is 139 cm³/mol. The number of Topliss-reactive ketones (excluding diaryl/α,β-unsaturated/α-hetero) is 1. The molecule has 0 bridgehead atoms. The molecule has 2 N–H and O–H groups in total. The van der Waals surface area contributed by atoms with Gasteiger partial charge in [-0.1, -0.05) is 70.4 Å². The number of nitrogens with zero attached hydrogens (tertiary/aromatic N) is 2. The van der Waals surface area contributed by atoms with E-state index in [1.165, 1.54) is 57.8 Å². The molecule has 8 nitrogen and oxygen atoms in total. The summed E-state index contributed by atoms with van der Waals surface area (Å²) in [5, 5.41) is 19.3. The summed E-state index contributed by atoms with van der Waals surface area (Å²) in [4.78, 5) is 14.6. The van der Waals surface area contributed by atoms with Crippen LogP contribution >= 0.6 is 0 Å². The third-order valence-corrected chi connectivity index (χ3v) is 7.14. The van der Waals surface area contributed by atoms with Crippen LogP contribution in [0.25, 0.3) is 0 Å². The van der Waals surface area contributed by atoms with Gasteiger partial charge in [-0.2, -0.15) is 0 Å². The number of rotatable bonds is 22. The molecule has 0 aromatic carbocycles. The minimum Gasteiger partial charge on any atom is -0.748 e. The van der Waals surface area contributed by atoms with Crippen LogP contribution in [0.15, 0.2) is 12.2 Å². The van der Waals surface area contributed by atoms with Gasteiger partial charge in [0.05, 0.1) is 22.5 Å². The minimum atomic E-state index is -4.54. The first-order chi connectivity index (χ1) is 16.8. The van der Waals surface area contributed by atoms with Crippen molar-refractivity contribution in [3.05, 3.63) is 12.2 Å². The smallest absolute Gasteiger partial charge is 0.748 e. The number of carbonyl (C=O) groups excluding carboxylic acids is 1. The number of unbranched alkanes of at least 4 members (excludes halogenated alkanes) is 11. The number of allylic oxidation sites excluding steroid dienone is 2. The third-order valence-electron chi connectivity index (χ3n) is 6.35. The van der Waals surface area contributed by atoms with Crippen molar-refractivity contribution in [2.45, 2.75) is 103 Å². The molecule has 0 saturated carbocycles. The Morgan fingerprint density at radius 2 is 1.58 bits per heavy atom. The fraction of sp³-hybridized carbons (Fsp3) is 0.846. The normalized spacial score (nSPS) is 15.1. The molecular weight excluding hydrogens is 491 g/mol. The molecule has 0 aliphatic carbocycles. The monoisotopic (exact) mass is 539 g/mol. The summed E-state index contributed by atoms with van der Waals surface area (Å²) in [6.07, 6.45) is 19.0. The van der Waals surface area contributed by atoms with Gasteiger partial charge in [-0.3, -0.25) is 14.3 Å². The number of carbonyl (C=O) groups is 1. The Hall–Kier alpha value is -0.290. The van der Waals surface area contributed by atoms with Crippen molar-refractivity contribution >= 4 is 21.7 Å². The van der Waals surface area contributed by atoms with Crippen molar-refractivity contribution < 1.29 is 62.1 Å². The molecule has 0 amide bonds. The summed E-state index contributed by atoms with van der Waals surface area (Å²) >= 11 is 0. The second-order valence-electron chi connectivity index (χ2n) is 9.62. The van der Waals surface area contributed by atoms with Crippen molar-refractivity contribution in [3.8, 4) is 0 Å². The average molecular weight is 540 g/mol. The molecule has 0 fully saturated rings. The first-order valence-corrected chi connectivity index (χ1v) is 15.1. The fourth-order valence-electron chi connectivity index (χ4n) is 4.53. The summed E-state index contributed by atoms with van der Waals surface area (Å²) < 4.78 is 34.4. The van der Waals surface area contributed by atoms with E-state index < -0.39 is 22.0 Å². The van der Waals surface area contributed by atoms with Crippen molar-refractivity contribution in [1.82, 2.24) is 4.90 Å². The Morgan fingerprint density at radius 3 is 2.14 bits per heavy atom. The summed E-state index contributed by atoms with van der Waals surface area (Å²) in [7, 11) is -4.54. The molecule has 1 aliphatic rings. The van der Waals surface area contributed by atoms with Crippen LogP contribution < -0.4 is 29.6 Å². The largest absolute Gasteiger partial charge is 1.00 e. The minimum absolute atomic E-state index is 0. The van der Waals surface area contributed by atoms with Gasteiger partial charge in [-0.25, -0.2) is 8.42 Å². The van der Waals surface area contributed by atoms with E-state index in [0.29, 0.717) is 31.9 Å². The number of ketones is 1. The number of β-amino-alcohol motifs (C(OH)–C–C–N with tert-alkyl or cyclic N) is 2. The molecule has 0 spiro atoms. The number of hydrogen-bond acceptors (Lipinski definition) is 7. The van der Waals surface area contributed by atoms with Gasteiger partial charge in [0.25, 0.3) is 0 Å². The molecule has 0 radical (unpaired) electrons. The van der Waals surface area contributed by atoms with Crippen LogP contribution in [0.2, 0.25) is 0 Å². The summed E-state index contributed by atoms with van der Waals surface area (Å²) in [5.41, 5.74) is 0. The van der Waals surface area contributed by atoms with Crippen LogP contribution in [-0.2, 0) is 14.9 Å². The maximum atomic E-state index is 12.9. The Kier molecular flexibility index (Phi) is 21.4. The average Bonchev–Trinajstić information content (AvgIpc) is 3.17. The van der Waals surface area contributed by atoms with Crippen LogP contribution in [-0.4, -0.2) is 88.9 Å². The SMILES string of the molecule is CCCCCC/C=C/CCCCCCCCCC(=O)C1=[N+](CC(O)CS(=O)(=O)[O-])CCN1CCO.[Na+]. The van der Waals surface area contributed by atoms with Crippen LogP contribution in [0.5, 0.6) is 0 Å². The van der Waals surface area contributed by atoms with Crippen LogP contribution in [0.4, 0.5) is 0 Å². The quantitative estimate of drug-likeness (QED) is 0.0664. The van der Waals surface area contributed by atoms with Gasteiger partial charge in [0, 0.05) is 6.42 Å². The standard InChI is InChI=1S/C26H48N2O6S.Na/c1-2-3-4-5-6-7-8-9-10-11-12-13-14-15-16-17-25(31)26-27(20-21-29)18-19-28(26)22-24(30)23-35(32,33)34;/h7-8,24,29-30H,2-6,9-23H2,1H3;/q;+1/b8-7+;. The molecule has 1 aliphatic heterocycles. The van der Waals surface area contributed by atoms with Gasteiger partial charge < -0.3 is 14.8 Å². The van der Waals surface area contributed by atoms with Gasteiger partial charge in [0.15, 0.2) is 0 Å². The van der Waals surface area contributed by atoms with Crippen LogP contribution in [0, 0.1) is 0 Å². The number of amidine groups is 1. The van der Waals surface area contributed by atoms with E-state index >= 15 is 0 Å². The molecule has 1 atom stereocenters. The van der Waals surface area contributed by atoms with Crippen molar-refractivity contribution in [2.24, 2.45) is 0 Å². The third kappa shape index (κ3) is 17.3. The van der Waals surface area contributed by atoms with Gasteiger partial charge in [-0.05, 0) is 32.1 Å². The number of hydrogen-bond donors (Lipinski definition) is 2. The van der Waals surface area contributed by atoms with Gasteiger partial charge in [0.1, 0.15) is 32.3 Å². The maximum Gasteiger partial charge on any atom is 1.00 e. The van der Waals surface area contributed by atoms with E-state index in [1.807, 2.05) is 0 Å². The van der Waals surface area contributed by atoms with E-state index in [2.05, 4.69) is 19.1 Å². The molecule has 204 valence electrons. The molecule has 1 unspecified atom stereocenters. The van der Waals surface area contributed by atoms with Crippen molar-refractivity contribution in [1.29, 1.82) is 0 Å². The molecule has 0 aromatic rings. The molecule has 1 heterocycles. The molecule has 0 aromatic heterocycles. The second kappa shape index (κ2) is 21.6. The zero-order chi connectivity index (χ0) is 25.9. The zero-order valence-corrected chi connectivity index (χ0v) is 25.5.